The summed E-state index contributed by atoms with van der Waals surface area (Å²) in [5.41, 5.74) is 0. The quantitative estimate of drug-likeness (QED) is 0.713. The highest BCUT2D eigenvalue weighted by Crippen LogP contribution is 2.31. The number of ether oxygens (including phenoxy) is 6. The van der Waals surface area contributed by atoms with Crippen LogP contribution in [0.5, 0.6) is 0 Å². The van der Waals surface area contributed by atoms with Gasteiger partial charge in [-0.05, 0) is 12.8 Å². The Morgan fingerprint density at radius 3 is 2.00 bits per heavy atom. The van der Waals surface area contributed by atoms with E-state index in [1.54, 1.807) is 28.4 Å². The standard InChI is InChI=1S/C16H30O6/c1-17-10-12-13(18-2)14(19-3)15(20-4)16(22-12)21-11-8-6-5-7-9-11/h11-16H,5-10H2,1-4H3/t12-,13-,14+,15-,16+/m0/s1. The molecule has 1 saturated carbocycles. The molecule has 0 unspecified atom stereocenters. The van der Waals surface area contributed by atoms with E-state index in [0.717, 1.165) is 12.8 Å². The third-order valence-corrected chi connectivity index (χ3v) is 4.62. The van der Waals surface area contributed by atoms with E-state index in [4.69, 9.17) is 28.4 Å². The maximum Gasteiger partial charge on any atom is 0.187 e. The fraction of sp³-hybridized carbons (Fsp3) is 1.00. The lowest BCUT2D eigenvalue weighted by atomic mass is 9.96. The van der Waals surface area contributed by atoms with E-state index in [-0.39, 0.29) is 30.5 Å². The Balaban J connectivity index is 2.08. The highest BCUT2D eigenvalue weighted by molar-refractivity contribution is 4.92. The molecule has 6 heteroatoms. The molecule has 1 saturated heterocycles. The van der Waals surface area contributed by atoms with Gasteiger partial charge in [0.05, 0.1) is 12.7 Å². The number of methoxy groups -OCH3 is 4. The second kappa shape index (κ2) is 9.15. The van der Waals surface area contributed by atoms with Crippen LogP contribution < -0.4 is 0 Å². The van der Waals surface area contributed by atoms with Gasteiger partial charge in [0.25, 0.3) is 0 Å². The molecule has 22 heavy (non-hydrogen) atoms. The number of hydrogen-bond donors (Lipinski definition) is 0. The monoisotopic (exact) mass is 318 g/mol. The van der Waals surface area contributed by atoms with E-state index in [0.29, 0.717) is 6.61 Å². The molecule has 1 aliphatic heterocycles. The van der Waals surface area contributed by atoms with E-state index in [2.05, 4.69) is 0 Å². The van der Waals surface area contributed by atoms with Crippen molar-refractivity contribution in [1.29, 1.82) is 0 Å². The Kier molecular flexibility index (Phi) is 7.53. The van der Waals surface area contributed by atoms with Crippen molar-refractivity contribution in [3.63, 3.8) is 0 Å². The summed E-state index contributed by atoms with van der Waals surface area (Å²) in [6, 6.07) is 0. The molecule has 0 N–H and O–H groups in total. The summed E-state index contributed by atoms with van der Waals surface area (Å²) in [6.45, 7) is 0.430. The molecular formula is C16H30O6. The van der Waals surface area contributed by atoms with Gasteiger partial charge in [0.2, 0.25) is 0 Å². The van der Waals surface area contributed by atoms with Gasteiger partial charge in [0.1, 0.15) is 24.4 Å². The first kappa shape index (κ1) is 18.1. The van der Waals surface area contributed by atoms with Gasteiger partial charge in [0.15, 0.2) is 6.29 Å². The van der Waals surface area contributed by atoms with Crippen LogP contribution in [0.25, 0.3) is 0 Å². The summed E-state index contributed by atoms with van der Waals surface area (Å²) in [7, 11) is 6.62. The van der Waals surface area contributed by atoms with Gasteiger partial charge in [-0.15, -0.1) is 0 Å². The van der Waals surface area contributed by atoms with E-state index in [1.807, 2.05) is 0 Å². The van der Waals surface area contributed by atoms with Crippen LogP contribution in [0.4, 0.5) is 0 Å². The maximum atomic E-state index is 6.20. The topological polar surface area (TPSA) is 55.4 Å². The second-order valence-electron chi connectivity index (χ2n) is 6.00. The molecule has 0 radical (unpaired) electrons. The highest BCUT2D eigenvalue weighted by Gasteiger charge is 2.48. The number of rotatable bonds is 7. The lowest BCUT2D eigenvalue weighted by molar-refractivity contribution is -0.323. The Hall–Kier alpha value is -0.240. The summed E-state index contributed by atoms with van der Waals surface area (Å²) in [5, 5.41) is 0. The molecule has 0 amide bonds. The van der Waals surface area contributed by atoms with Crippen LogP contribution in [0.1, 0.15) is 32.1 Å². The van der Waals surface area contributed by atoms with Crippen LogP contribution >= 0.6 is 0 Å². The predicted octanol–water partition coefficient (Wildman–Crippen LogP) is 1.75. The fourth-order valence-corrected chi connectivity index (χ4v) is 3.48. The molecule has 6 nitrogen and oxygen atoms in total. The van der Waals surface area contributed by atoms with Crippen molar-refractivity contribution in [3.05, 3.63) is 0 Å². The second-order valence-corrected chi connectivity index (χ2v) is 6.00. The summed E-state index contributed by atoms with van der Waals surface area (Å²) in [6.07, 6.45) is 4.60. The smallest absolute Gasteiger partial charge is 0.187 e. The fourth-order valence-electron chi connectivity index (χ4n) is 3.48. The van der Waals surface area contributed by atoms with Crippen LogP contribution in [-0.4, -0.2) is 71.9 Å². The van der Waals surface area contributed by atoms with Gasteiger partial charge >= 0.3 is 0 Å². The minimum atomic E-state index is -0.454. The van der Waals surface area contributed by atoms with Crippen molar-refractivity contribution in [3.8, 4) is 0 Å². The predicted molar refractivity (Wildman–Crippen MR) is 80.9 cm³/mol. The third-order valence-electron chi connectivity index (χ3n) is 4.62. The largest absolute Gasteiger partial charge is 0.382 e. The Morgan fingerprint density at radius 1 is 0.818 bits per heavy atom. The molecule has 0 aromatic carbocycles. The van der Waals surface area contributed by atoms with Crippen molar-refractivity contribution >= 4 is 0 Å². The first-order chi connectivity index (χ1) is 10.7. The summed E-state index contributed by atoms with van der Waals surface area (Å²) in [5.74, 6) is 0. The van der Waals surface area contributed by atoms with Crippen molar-refractivity contribution in [1.82, 2.24) is 0 Å². The average Bonchev–Trinajstić information content (AvgIpc) is 2.55. The van der Waals surface area contributed by atoms with E-state index in [1.165, 1.54) is 19.3 Å². The van der Waals surface area contributed by atoms with E-state index in [9.17, 15) is 0 Å². The molecule has 2 aliphatic rings. The summed E-state index contributed by atoms with van der Waals surface area (Å²) < 4.78 is 34.4. The summed E-state index contributed by atoms with van der Waals surface area (Å²) >= 11 is 0. The van der Waals surface area contributed by atoms with Crippen LogP contribution in [0, 0.1) is 0 Å². The minimum absolute atomic E-state index is 0.233. The number of hydrogen-bond acceptors (Lipinski definition) is 6. The third kappa shape index (κ3) is 4.19. The SMILES string of the molecule is COC[C@@H]1O[C@@H](OC2CCCCC2)[C@@H](OC)[C@H](OC)[C@H]1OC. The minimum Gasteiger partial charge on any atom is -0.382 e. The molecule has 2 fully saturated rings. The molecule has 0 bridgehead atoms. The van der Waals surface area contributed by atoms with E-state index >= 15 is 0 Å². The van der Waals surface area contributed by atoms with Gasteiger partial charge in [-0.2, -0.15) is 0 Å². The van der Waals surface area contributed by atoms with Gasteiger partial charge in [0, 0.05) is 28.4 Å². The zero-order valence-electron chi connectivity index (χ0n) is 14.2. The average molecular weight is 318 g/mol. The van der Waals surface area contributed by atoms with Gasteiger partial charge in [-0.3, -0.25) is 0 Å². The molecule has 0 aromatic heterocycles. The molecule has 0 aromatic rings. The van der Waals surface area contributed by atoms with Crippen molar-refractivity contribution in [2.75, 3.05) is 35.0 Å². The van der Waals surface area contributed by atoms with E-state index < -0.39 is 6.29 Å². The molecule has 5 atom stereocenters. The van der Waals surface area contributed by atoms with Crippen molar-refractivity contribution < 1.29 is 28.4 Å². The van der Waals surface area contributed by atoms with Crippen LogP contribution in [0.15, 0.2) is 0 Å². The zero-order valence-corrected chi connectivity index (χ0v) is 14.2. The lowest BCUT2D eigenvalue weighted by Gasteiger charge is -2.45. The van der Waals surface area contributed by atoms with Crippen LogP contribution in [0.3, 0.4) is 0 Å². The molecular weight excluding hydrogens is 288 g/mol. The normalized spacial score (nSPS) is 37.4. The molecule has 2 rings (SSSR count). The Labute approximate surface area is 133 Å². The first-order valence-electron chi connectivity index (χ1n) is 8.13. The Bertz CT molecular complexity index is 307. The molecule has 0 spiro atoms. The molecule has 130 valence electrons. The first-order valence-corrected chi connectivity index (χ1v) is 8.13. The molecule has 1 heterocycles. The highest BCUT2D eigenvalue weighted by atomic mass is 16.7. The lowest BCUT2D eigenvalue weighted by Crippen LogP contribution is -2.61. The van der Waals surface area contributed by atoms with Gasteiger partial charge in [-0.25, -0.2) is 0 Å². The van der Waals surface area contributed by atoms with Gasteiger partial charge in [-0.1, -0.05) is 19.3 Å². The van der Waals surface area contributed by atoms with Gasteiger partial charge < -0.3 is 28.4 Å². The molecule has 1 aliphatic carbocycles. The zero-order chi connectivity index (χ0) is 15.9. The van der Waals surface area contributed by atoms with Crippen molar-refractivity contribution in [2.24, 2.45) is 0 Å². The van der Waals surface area contributed by atoms with Crippen LogP contribution in [-0.2, 0) is 28.4 Å². The maximum absolute atomic E-state index is 6.20. The summed E-state index contributed by atoms with van der Waals surface area (Å²) in [4.78, 5) is 0. The Morgan fingerprint density at radius 2 is 1.45 bits per heavy atom. The van der Waals surface area contributed by atoms with Crippen LogP contribution in [0.2, 0.25) is 0 Å². The van der Waals surface area contributed by atoms with Crippen molar-refractivity contribution in [2.45, 2.75) is 68.9 Å².